The lowest BCUT2D eigenvalue weighted by molar-refractivity contribution is 0.154. The normalized spacial score (nSPS) is 13.8. The lowest BCUT2D eigenvalue weighted by Gasteiger charge is -2.28. The Balaban J connectivity index is 2.69. The maximum atomic E-state index is 9.56. The number of aliphatic hydroxyl groups excluding tert-OH is 1. The highest BCUT2D eigenvalue weighted by Crippen LogP contribution is 2.20. The first-order valence-electron chi connectivity index (χ1n) is 5.96. The molecule has 0 spiro atoms. The molecule has 0 saturated carbocycles. The zero-order valence-corrected chi connectivity index (χ0v) is 10.7. The van der Waals surface area contributed by atoms with Gasteiger partial charge in [-0.25, -0.2) is 0 Å². The number of nitrogens with one attached hydrogen (secondary N) is 1. The van der Waals surface area contributed by atoms with Gasteiger partial charge >= 0.3 is 0 Å². The molecule has 0 heterocycles. The highest BCUT2D eigenvalue weighted by molar-refractivity contribution is 5.27. The predicted molar refractivity (Wildman–Crippen MR) is 68.5 cm³/mol. The fourth-order valence-electron chi connectivity index (χ4n) is 1.65. The molecule has 1 atom stereocenters. The molecule has 0 bridgehead atoms. The highest BCUT2D eigenvalue weighted by atomic mass is 16.3. The summed E-state index contributed by atoms with van der Waals surface area (Å²) in [5.74, 6) is 0. The van der Waals surface area contributed by atoms with Gasteiger partial charge < -0.3 is 10.4 Å². The van der Waals surface area contributed by atoms with E-state index in [0.29, 0.717) is 6.54 Å². The van der Waals surface area contributed by atoms with Crippen LogP contribution in [-0.2, 0) is 5.54 Å². The van der Waals surface area contributed by atoms with Crippen LogP contribution >= 0.6 is 0 Å². The maximum absolute atomic E-state index is 9.56. The molecule has 1 rings (SSSR count). The van der Waals surface area contributed by atoms with Crippen LogP contribution < -0.4 is 5.32 Å². The fraction of sp³-hybridized carbons (Fsp3) is 0.571. The number of hydrogen-bond donors (Lipinski definition) is 2. The number of aryl methyl sites for hydroxylation is 1. The molecule has 2 nitrogen and oxygen atoms in total. The van der Waals surface area contributed by atoms with Gasteiger partial charge in [0.25, 0.3) is 0 Å². The van der Waals surface area contributed by atoms with Crippen molar-refractivity contribution in [3.63, 3.8) is 0 Å². The molecule has 16 heavy (non-hydrogen) atoms. The summed E-state index contributed by atoms with van der Waals surface area (Å²) in [5.41, 5.74) is 2.43. The smallest absolute Gasteiger partial charge is 0.0662 e. The van der Waals surface area contributed by atoms with Gasteiger partial charge in [0.15, 0.2) is 0 Å². The Hall–Kier alpha value is -0.860. The molecule has 2 heteroatoms. The van der Waals surface area contributed by atoms with Gasteiger partial charge in [-0.1, -0.05) is 36.8 Å². The van der Waals surface area contributed by atoms with E-state index in [0.717, 1.165) is 6.42 Å². The van der Waals surface area contributed by atoms with Crippen molar-refractivity contribution in [1.29, 1.82) is 0 Å². The molecular weight excluding hydrogens is 198 g/mol. The van der Waals surface area contributed by atoms with Crippen molar-refractivity contribution in [2.45, 2.75) is 45.8 Å². The summed E-state index contributed by atoms with van der Waals surface area (Å²) in [6.45, 7) is 9.01. The average molecular weight is 221 g/mol. The van der Waals surface area contributed by atoms with Crippen LogP contribution in [0.4, 0.5) is 0 Å². The first-order chi connectivity index (χ1) is 7.45. The Morgan fingerprint density at radius 3 is 2.62 bits per heavy atom. The van der Waals surface area contributed by atoms with E-state index in [9.17, 15) is 5.11 Å². The third kappa shape index (κ3) is 3.62. The first-order valence-corrected chi connectivity index (χ1v) is 5.96. The molecule has 90 valence electrons. The lowest BCUT2D eigenvalue weighted by Crippen LogP contribution is -2.41. The SMILES string of the molecule is CC[C@@H](O)CNC(C)(C)c1cccc(C)c1. The molecule has 0 radical (unpaired) electrons. The van der Waals surface area contributed by atoms with Crippen LogP contribution in [0.5, 0.6) is 0 Å². The highest BCUT2D eigenvalue weighted by Gasteiger charge is 2.20. The predicted octanol–water partition coefficient (Wildman–Crippen LogP) is 2.59. The number of benzene rings is 1. The first kappa shape index (κ1) is 13.2. The Morgan fingerprint density at radius 2 is 2.06 bits per heavy atom. The van der Waals surface area contributed by atoms with E-state index in [1.165, 1.54) is 11.1 Å². The van der Waals surface area contributed by atoms with E-state index in [2.05, 4.69) is 50.4 Å². The Labute approximate surface area is 98.7 Å². The summed E-state index contributed by atoms with van der Waals surface area (Å²) < 4.78 is 0. The minimum atomic E-state index is -0.260. The van der Waals surface area contributed by atoms with Gasteiger partial charge in [0.2, 0.25) is 0 Å². The summed E-state index contributed by atoms with van der Waals surface area (Å²) in [4.78, 5) is 0. The molecule has 0 saturated heterocycles. The van der Waals surface area contributed by atoms with E-state index in [4.69, 9.17) is 0 Å². The molecule has 2 N–H and O–H groups in total. The van der Waals surface area contributed by atoms with Gasteiger partial charge in [0, 0.05) is 12.1 Å². The van der Waals surface area contributed by atoms with Crippen LogP contribution in [-0.4, -0.2) is 17.8 Å². The Bertz CT molecular complexity index is 333. The third-order valence-corrected chi connectivity index (χ3v) is 2.99. The lowest BCUT2D eigenvalue weighted by atomic mass is 9.93. The number of hydrogen-bond acceptors (Lipinski definition) is 2. The number of aliphatic hydroxyl groups is 1. The summed E-state index contributed by atoms with van der Waals surface area (Å²) in [6, 6.07) is 8.48. The second kappa shape index (κ2) is 5.46. The molecule has 0 aromatic heterocycles. The largest absolute Gasteiger partial charge is 0.392 e. The van der Waals surface area contributed by atoms with Gasteiger partial charge in [0.1, 0.15) is 0 Å². The van der Waals surface area contributed by atoms with Gasteiger partial charge in [-0.2, -0.15) is 0 Å². The summed E-state index contributed by atoms with van der Waals surface area (Å²) in [6.07, 6.45) is 0.528. The van der Waals surface area contributed by atoms with Crippen molar-refractivity contribution >= 4 is 0 Å². The quantitative estimate of drug-likeness (QED) is 0.801. The molecule has 0 unspecified atom stereocenters. The van der Waals surface area contributed by atoms with Crippen LogP contribution in [0, 0.1) is 6.92 Å². The van der Waals surface area contributed by atoms with E-state index >= 15 is 0 Å². The van der Waals surface area contributed by atoms with Crippen LogP contribution in [0.25, 0.3) is 0 Å². The van der Waals surface area contributed by atoms with Gasteiger partial charge in [-0.05, 0) is 32.8 Å². The second-order valence-electron chi connectivity index (χ2n) is 4.94. The van der Waals surface area contributed by atoms with Crippen LogP contribution in [0.15, 0.2) is 24.3 Å². The van der Waals surface area contributed by atoms with Crippen molar-refractivity contribution in [1.82, 2.24) is 5.32 Å². The van der Waals surface area contributed by atoms with Crippen molar-refractivity contribution in [3.8, 4) is 0 Å². The van der Waals surface area contributed by atoms with Gasteiger partial charge in [0.05, 0.1) is 6.10 Å². The van der Waals surface area contributed by atoms with Crippen molar-refractivity contribution in [2.24, 2.45) is 0 Å². The summed E-state index contributed by atoms with van der Waals surface area (Å²) >= 11 is 0. The van der Waals surface area contributed by atoms with Crippen LogP contribution in [0.1, 0.15) is 38.3 Å². The molecule has 1 aromatic rings. The van der Waals surface area contributed by atoms with Crippen LogP contribution in [0.2, 0.25) is 0 Å². The minimum Gasteiger partial charge on any atom is -0.392 e. The molecule has 0 fully saturated rings. The van der Waals surface area contributed by atoms with Gasteiger partial charge in [-0.3, -0.25) is 0 Å². The topological polar surface area (TPSA) is 32.3 Å². The molecule has 0 aliphatic carbocycles. The maximum Gasteiger partial charge on any atom is 0.0662 e. The molecule has 0 amide bonds. The molecular formula is C14H23NO. The minimum absolute atomic E-state index is 0.0951. The zero-order valence-electron chi connectivity index (χ0n) is 10.7. The molecule has 1 aromatic carbocycles. The monoisotopic (exact) mass is 221 g/mol. The van der Waals surface area contributed by atoms with E-state index in [1.54, 1.807) is 0 Å². The van der Waals surface area contributed by atoms with E-state index in [1.807, 2.05) is 6.92 Å². The van der Waals surface area contributed by atoms with E-state index < -0.39 is 0 Å². The Kier molecular flexibility index (Phi) is 4.51. The number of rotatable bonds is 5. The Morgan fingerprint density at radius 1 is 1.38 bits per heavy atom. The van der Waals surface area contributed by atoms with Crippen LogP contribution in [0.3, 0.4) is 0 Å². The molecule has 0 aliphatic rings. The third-order valence-electron chi connectivity index (χ3n) is 2.99. The van der Waals surface area contributed by atoms with Crippen molar-refractivity contribution < 1.29 is 5.11 Å². The molecule has 0 aliphatic heterocycles. The second-order valence-corrected chi connectivity index (χ2v) is 4.94. The van der Waals surface area contributed by atoms with Gasteiger partial charge in [-0.15, -0.1) is 0 Å². The zero-order chi connectivity index (χ0) is 12.2. The fourth-order valence-corrected chi connectivity index (χ4v) is 1.65. The average Bonchev–Trinajstić information content (AvgIpc) is 2.26. The van der Waals surface area contributed by atoms with Crippen molar-refractivity contribution in [3.05, 3.63) is 35.4 Å². The standard InChI is InChI=1S/C14H23NO/c1-5-13(16)10-15-14(3,4)12-8-6-7-11(2)9-12/h6-9,13,15-16H,5,10H2,1-4H3/t13-/m1/s1. The van der Waals surface area contributed by atoms with Crippen molar-refractivity contribution in [2.75, 3.05) is 6.54 Å². The van der Waals surface area contributed by atoms with E-state index in [-0.39, 0.29) is 11.6 Å². The summed E-state index contributed by atoms with van der Waals surface area (Å²) in [7, 11) is 0. The summed E-state index contributed by atoms with van der Waals surface area (Å²) in [5, 5.41) is 13.0.